The first-order valence-corrected chi connectivity index (χ1v) is 7.00. The van der Waals surface area contributed by atoms with Gasteiger partial charge >= 0.3 is 0 Å². The number of alkyl halides is 1. The molecule has 0 aliphatic carbocycles. The third-order valence-corrected chi connectivity index (χ3v) is 3.21. The second kappa shape index (κ2) is 5.99. The topological polar surface area (TPSA) is 74.0 Å². The largest absolute Gasteiger partial charge is 0.363 e. The molecule has 1 aliphatic heterocycles. The van der Waals surface area contributed by atoms with Gasteiger partial charge in [0.15, 0.2) is 0 Å². The van der Waals surface area contributed by atoms with E-state index in [4.69, 9.17) is 21.2 Å². The molecule has 0 radical (unpaired) electrons. The molecule has 0 fully saturated rings. The van der Waals surface area contributed by atoms with E-state index < -0.39 is 11.2 Å². The first-order valence-electron chi connectivity index (χ1n) is 6.57. The molecule has 0 aromatic heterocycles. The number of rotatable bonds is 3. The van der Waals surface area contributed by atoms with E-state index >= 15 is 0 Å². The molecule has 1 aromatic rings. The van der Waals surface area contributed by atoms with Crippen molar-refractivity contribution in [1.29, 1.82) is 0 Å². The van der Waals surface area contributed by atoms with Crippen molar-refractivity contribution in [2.24, 2.45) is 5.16 Å². The van der Waals surface area contributed by atoms with Crippen LogP contribution < -0.4 is 0 Å². The SMILES string of the molecule is CC(C)(C)O[C@H]1C[C@@H](Cl)C(c2ccc([N+](=O)[O-])cc2)=NO1. The van der Waals surface area contributed by atoms with Crippen molar-refractivity contribution in [3.05, 3.63) is 39.9 Å². The molecular weight excluding hydrogens is 296 g/mol. The zero-order valence-corrected chi connectivity index (χ0v) is 12.8. The summed E-state index contributed by atoms with van der Waals surface area (Å²) in [4.78, 5) is 15.5. The summed E-state index contributed by atoms with van der Waals surface area (Å²) < 4.78 is 5.68. The third kappa shape index (κ3) is 4.15. The quantitative estimate of drug-likeness (QED) is 0.486. The molecule has 2 rings (SSSR count). The van der Waals surface area contributed by atoms with Crippen molar-refractivity contribution in [3.63, 3.8) is 0 Å². The molecule has 2 atom stereocenters. The van der Waals surface area contributed by atoms with Gasteiger partial charge in [-0.25, -0.2) is 0 Å². The zero-order valence-electron chi connectivity index (χ0n) is 12.1. The van der Waals surface area contributed by atoms with Gasteiger partial charge in [0.05, 0.1) is 15.9 Å². The molecule has 0 unspecified atom stereocenters. The number of nitrogens with zero attached hydrogens (tertiary/aromatic N) is 2. The van der Waals surface area contributed by atoms with Crippen LogP contribution in [0, 0.1) is 10.1 Å². The van der Waals surface area contributed by atoms with Gasteiger partial charge in [-0.15, -0.1) is 11.6 Å². The Bertz CT molecular complexity index is 551. The first kappa shape index (κ1) is 15.7. The summed E-state index contributed by atoms with van der Waals surface area (Å²) in [5.74, 6) is 0. The molecule has 1 aliphatic rings. The van der Waals surface area contributed by atoms with Gasteiger partial charge in [0.1, 0.15) is 5.71 Å². The number of hydrogen-bond donors (Lipinski definition) is 0. The van der Waals surface area contributed by atoms with Crippen LogP contribution in [-0.4, -0.2) is 27.9 Å². The van der Waals surface area contributed by atoms with Crippen molar-refractivity contribution >= 4 is 23.0 Å². The van der Waals surface area contributed by atoms with E-state index in [2.05, 4.69) is 5.16 Å². The fourth-order valence-corrected chi connectivity index (χ4v) is 2.26. The number of nitro benzene ring substituents is 1. The van der Waals surface area contributed by atoms with Crippen LogP contribution >= 0.6 is 11.6 Å². The Morgan fingerprint density at radius 2 is 2.00 bits per heavy atom. The van der Waals surface area contributed by atoms with E-state index in [-0.39, 0.29) is 16.7 Å². The van der Waals surface area contributed by atoms with Gasteiger partial charge in [-0.1, -0.05) is 5.16 Å². The number of halogens is 1. The molecule has 1 heterocycles. The van der Waals surface area contributed by atoms with Gasteiger partial charge in [0.25, 0.3) is 5.69 Å². The van der Waals surface area contributed by atoms with Crippen LogP contribution in [0.2, 0.25) is 0 Å². The van der Waals surface area contributed by atoms with Crippen LogP contribution in [0.3, 0.4) is 0 Å². The molecule has 6 nitrogen and oxygen atoms in total. The average Bonchev–Trinajstić information content (AvgIpc) is 2.37. The highest BCUT2D eigenvalue weighted by Crippen LogP contribution is 2.26. The van der Waals surface area contributed by atoms with Crippen molar-refractivity contribution in [3.8, 4) is 0 Å². The molecule has 0 saturated heterocycles. The minimum Gasteiger partial charge on any atom is -0.363 e. The molecule has 0 saturated carbocycles. The number of hydrogen-bond acceptors (Lipinski definition) is 5. The number of ether oxygens (including phenoxy) is 1. The van der Waals surface area contributed by atoms with E-state index in [1.165, 1.54) is 12.1 Å². The van der Waals surface area contributed by atoms with Gasteiger partial charge in [-0.2, -0.15) is 0 Å². The minimum absolute atomic E-state index is 0.0242. The lowest BCUT2D eigenvalue weighted by Gasteiger charge is -2.30. The molecule has 0 spiro atoms. The lowest BCUT2D eigenvalue weighted by molar-refractivity contribution is -0.384. The summed E-state index contributed by atoms with van der Waals surface area (Å²) in [7, 11) is 0. The fourth-order valence-electron chi connectivity index (χ4n) is 1.95. The molecule has 7 heteroatoms. The summed E-state index contributed by atoms with van der Waals surface area (Å²) in [6, 6.07) is 6.06. The minimum atomic E-state index is -0.491. The summed E-state index contributed by atoms with van der Waals surface area (Å²) in [5.41, 5.74) is 0.938. The average molecular weight is 313 g/mol. The van der Waals surface area contributed by atoms with Crippen molar-refractivity contribution in [2.75, 3.05) is 0 Å². The van der Waals surface area contributed by atoms with Crippen LogP contribution in [-0.2, 0) is 9.57 Å². The van der Waals surface area contributed by atoms with E-state index in [0.717, 1.165) is 0 Å². The maximum Gasteiger partial charge on any atom is 0.269 e. The maximum absolute atomic E-state index is 10.6. The van der Waals surface area contributed by atoms with Crippen molar-refractivity contribution < 1.29 is 14.5 Å². The van der Waals surface area contributed by atoms with E-state index in [1.54, 1.807) is 12.1 Å². The van der Waals surface area contributed by atoms with Gasteiger partial charge in [0, 0.05) is 24.1 Å². The highest BCUT2D eigenvalue weighted by Gasteiger charge is 2.30. The molecule has 21 heavy (non-hydrogen) atoms. The Labute approximate surface area is 127 Å². The highest BCUT2D eigenvalue weighted by molar-refractivity contribution is 6.35. The molecule has 0 amide bonds. The van der Waals surface area contributed by atoms with Crippen LogP contribution in [0.25, 0.3) is 0 Å². The van der Waals surface area contributed by atoms with Gasteiger partial charge in [-0.3, -0.25) is 10.1 Å². The standard InChI is InChI=1S/C14H17ClN2O4/c1-14(2,3)20-12-8-11(15)13(16-21-12)9-4-6-10(7-5-9)17(18)19/h4-7,11-12H,8H2,1-3H3/t11-,12-/m1/s1. The first-order chi connectivity index (χ1) is 9.76. The van der Waals surface area contributed by atoms with Crippen LogP contribution in [0.1, 0.15) is 32.8 Å². The van der Waals surface area contributed by atoms with Gasteiger partial charge in [-0.05, 0) is 32.9 Å². The highest BCUT2D eigenvalue weighted by atomic mass is 35.5. The summed E-state index contributed by atoms with van der Waals surface area (Å²) in [6.45, 7) is 5.78. The number of benzene rings is 1. The molecule has 114 valence electrons. The lowest BCUT2D eigenvalue weighted by atomic mass is 10.0. The summed E-state index contributed by atoms with van der Waals surface area (Å²) in [6.07, 6.45) is -0.0245. The summed E-state index contributed by atoms with van der Waals surface area (Å²) in [5, 5.41) is 14.3. The Morgan fingerprint density at radius 3 is 2.48 bits per heavy atom. The number of non-ortho nitro benzene ring substituents is 1. The van der Waals surface area contributed by atoms with Crippen LogP contribution in [0.4, 0.5) is 5.69 Å². The molecule has 0 bridgehead atoms. The Balaban J connectivity index is 2.12. The van der Waals surface area contributed by atoms with Gasteiger partial charge in [0.2, 0.25) is 6.29 Å². The third-order valence-electron chi connectivity index (χ3n) is 2.82. The number of nitro groups is 1. The Morgan fingerprint density at radius 1 is 1.38 bits per heavy atom. The second-order valence-corrected chi connectivity index (χ2v) is 6.28. The summed E-state index contributed by atoms with van der Waals surface area (Å²) >= 11 is 6.32. The van der Waals surface area contributed by atoms with Gasteiger partial charge < -0.3 is 9.57 Å². The van der Waals surface area contributed by atoms with Crippen LogP contribution in [0.15, 0.2) is 29.4 Å². The maximum atomic E-state index is 10.6. The second-order valence-electron chi connectivity index (χ2n) is 5.75. The zero-order chi connectivity index (χ0) is 15.6. The number of oxime groups is 1. The smallest absolute Gasteiger partial charge is 0.269 e. The molecular formula is C14H17ClN2O4. The van der Waals surface area contributed by atoms with E-state index in [9.17, 15) is 10.1 Å². The Hall–Kier alpha value is -1.66. The monoisotopic (exact) mass is 312 g/mol. The fraction of sp³-hybridized carbons (Fsp3) is 0.500. The van der Waals surface area contributed by atoms with Crippen LogP contribution in [0.5, 0.6) is 0 Å². The predicted molar refractivity (Wildman–Crippen MR) is 79.6 cm³/mol. The van der Waals surface area contributed by atoms with E-state index in [1.807, 2.05) is 20.8 Å². The lowest BCUT2D eigenvalue weighted by Crippen LogP contribution is -2.36. The predicted octanol–water partition coefficient (Wildman–Crippen LogP) is 3.47. The molecule has 0 N–H and O–H groups in total. The molecule has 1 aromatic carbocycles. The van der Waals surface area contributed by atoms with E-state index in [0.29, 0.717) is 17.7 Å². The van der Waals surface area contributed by atoms with Crippen molar-refractivity contribution in [1.82, 2.24) is 0 Å². The van der Waals surface area contributed by atoms with Crippen molar-refractivity contribution in [2.45, 2.75) is 44.5 Å². The Kier molecular flexibility index (Phi) is 4.49. The normalized spacial score (nSPS) is 22.4.